The molecule has 1 heterocycles. The SMILES string of the molecule is CCC1(C)N=C(C)C(=NO)S1. The Labute approximate surface area is 70.6 Å². The molecule has 1 atom stereocenters. The molecular weight excluding hydrogens is 160 g/mol. The molecule has 1 N–H and O–H groups in total. The fourth-order valence-corrected chi connectivity index (χ4v) is 1.93. The molecule has 3 nitrogen and oxygen atoms in total. The highest BCUT2D eigenvalue weighted by molar-refractivity contribution is 8.17. The van der Waals surface area contributed by atoms with Crippen molar-refractivity contribution in [1.82, 2.24) is 0 Å². The van der Waals surface area contributed by atoms with Crippen LogP contribution >= 0.6 is 11.8 Å². The number of aliphatic imine (C=N–C) groups is 1. The fraction of sp³-hybridized carbons (Fsp3) is 0.714. The molecule has 0 saturated carbocycles. The molecular formula is C7H12N2OS. The van der Waals surface area contributed by atoms with E-state index in [1.807, 2.05) is 13.8 Å². The van der Waals surface area contributed by atoms with Gasteiger partial charge in [0.25, 0.3) is 0 Å². The summed E-state index contributed by atoms with van der Waals surface area (Å²) in [6.45, 7) is 5.98. The normalized spacial score (nSPS) is 34.5. The molecule has 62 valence electrons. The second-order valence-electron chi connectivity index (χ2n) is 2.73. The van der Waals surface area contributed by atoms with E-state index >= 15 is 0 Å². The van der Waals surface area contributed by atoms with E-state index in [2.05, 4.69) is 17.1 Å². The summed E-state index contributed by atoms with van der Waals surface area (Å²) in [5, 5.41) is 12.4. The van der Waals surface area contributed by atoms with Crippen LogP contribution in [0.2, 0.25) is 0 Å². The Balaban J connectivity index is 2.86. The zero-order valence-electron chi connectivity index (χ0n) is 6.96. The Hall–Kier alpha value is -0.510. The van der Waals surface area contributed by atoms with Gasteiger partial charge < -0.3 is 5.21 Å². The second-order valence-corrected chi connectivity index (χ2v) is 4.20. The van der Waals surface area contributed by atoms with Crippen LogP contribution in [0.4, 0.5) is 0 Å². The lowest BCUT2D eigenvalue weighted by molar-refractivity contribution is 0.321. The summed E-state index contributed by atoms with van der Waals surface area (Å²) in [5.41, 5.74) is 0.835. The van der Waals surface area contributed by atoms with Gasteiger partial charge in [-0.15, -0.1) is 0 Å². The number of hydrogen-bond acceptors (Lipinski definition) is 4. The molecule has 11 heavy (non-hydrogen) atoms. The molecule has 0 saturated heterocycles. The third-order valence-electron chi connectivity index (χ3n) is 1.78. The quantitative estimate of drug-likeness (QED) is 0.486. The van der Waals surface area contributed by atoms with E-state index in [9.17, 15) is 0 Å². The first kappa shape index (κ1) is 8.59. The summed E-state index contributed by atoms with van der Waals surface area (Å²) >= 11 is 1.52. The van der Waals surface area contributed by atoms with E-state index in [1.54, 1.807) is 0 Å². The zero-order valence-corrected chi connectivity index (χ0v) is 7.77. The summed E-state index contributed by atoms with van der Waals surface area (Å²) < 4.78 is 0. The standard InChI is InChI=1S/C7H12N2OS/c1-4-7(3)8-5(2)6(9-10)11-7/h10H,4H2,1-3H3. The average Bonchev–Trinajstić information content (AvgIpc) is 2.27. The molecule has 0 aromatic heterocycles. The van der Waals surface area contributed by atoms with Crippen LogP contribution < -0.4 is 0 Å². The number of thioether (sulfide) groups is 1. The largest absolute Gasteiger partial charge is 0.410 e. The lowest BCUT2D eigenvalue weighted by atomic mass is 10.2. The van der Waals surface area contributed by atoms with Crippen LogP contribution in [0.25, 0.3) is 0 Å². The highest BCUT2D eigenvalue weighted by Gasteiger charge is 2.32. The van der Waals surface area contributed by atoms with Crippen LogP contribution in [0.15, 0.2) is 10.1 Å². The number of rotatable bonds is 1. The summed E-state index contributed by atoms with van der Waals surface area (Å²) in [4.78, 5) is 4.27. The van der Waals surface area contributed by atoms with E-state index in [4.69, 9.17) is 5.21 Å². The molecule has 1 rings (SSSR count). The van der Waals surface area contributed by atoms with Gasteiger partial charge in [-0.1, -0.05) is 23.8 Å². The second kappa shape index (κ2) is 2.85. The third kappa shape index (κ3) is 1.56. The first-order valence-corrected chi connectivity index (χ1v) is 4.41. The fourth-order valence-electron chi connectivity index (χ4n) is 0.952. The number of nitrogens with zero attached hydrogens (tertiary/aromatic N) is 2. The highest BCUT2D eigenvalue weighted by atomic mass is 32.2. The van der Waals surface area contributed by atoms with Crippen molar-refractivity contribution in [2.24, 2.45) is 10.1 Å². The van der Waals surface area contributed by atoms with Crippen molar-refractivity contribution in [2.75, 3.05) is 0 Å². The lowest BCUT2D eigenvalue weighted by Gasteiger charge is -2.14. The minimum Gasteiger partial charge on any atom is -0.410 e. The van der Waals surface area contributed by atoms with E-state index in [1.165, 1.54) is 11.8 Å². The number of oxime groups is 1. The molecule has 1 aliphatic rings. The van der Waals surface area contributed by atoms with Crippen molar-refractivity contribution >= 4 is 22.5 Å². The molecule has 0 radical (unpaired) electrons. The molecule has 0 fully saturated rings. The van der Waals surface area contributed by atoms with Crippen molar-refractivity contribution < 1.29 is 5.21 Å². The smallest absolute Gasteiger partial charge is 0.158 e. The van der Waals surface area contributed by atoms with Gasteiger partial charge in [-0.05, 0) is 20.3 Å². The lowest BCUT2D eigenvalue weighted by Crippen LogP contribution is -2.11. The topological polar surface area (TPSA) is 45.0 Å². The molecule has 4 heteroatoms. The predicted molar refractivity (Wildman–Crippen MR) is 48.6 cm³/mol. The molecule has 0 amide bonds. The summed E-state index contributed by atoms with van der Waals surface area (Å²) in [6.07, 6.45) is 0.952. The first-order chi connectivity index (χ1) is 5.11. The Bertz CT molecular complexity index is 224. The van der Waals surface area contributed by atoms with Crippen LogP contribution in [-0.2, 0) is 0 Å². The van der Waals surface area contributed by atoms with Crippen LogP contribution in [0, 0.1) is 0 Å². The van der Waals surface area contributed by atoms with Crippen molar-refractivity contribution in [3.8, 4) is 0 Å². The van der Waals surface area contributed by atoms with Gasteiger partial charge in [-0.2, -0.15) is 0 Å². The van der Waals surface area contributed by atoms with Crippen LogP contribution in [0.1, 0.15) is 27.2 Å². The summed E-state index contributed by atoms with van der Waals surface area (Å²) in [5.74, 6) is 0. The van der Waals surface area contributed by atoms with E-state index in [0.29, 0.717) is 5.04 Å². The highest BCUT2D eigenvalue weighted by Crippen LogP contribution is 2.36. The molecule has 0 aliphatic carbocycles. The molecule has 0 spiro atoms. The van der Waals surface area contributed by atoms with E-state index < -0.39 is 0 Å². The average molecular weight is 172 g/mol. The Morgan fingerprint density at radius 3 is 2.64 bits per heavy atom. The van der Waals surface area contributed by atoms with Crippen molar-refractivity contribution in [2.45, 2.75) is 32.1 Å². The maximum Gasteiger partial charge on any atom is 0.158 e. The molecule has 0 bridgehead atoms. The molecule has 0 aromatic rings. The van der Waals surface area contributed by atoms with Crippen LogP contribution in [0.3, 0.4) is 0 Å². The Morgan fingerprint density at radius 2 is 2.36 bits per heavy atom. The molecule has 1 aliphatic heterocycles. The van der Waals surface area contributed by atoms with Gasteiger partial charge in [0.1, 0.15) is 4.87 Å². The van der Waals surface area contributed by atoms with Crippen LogP contribution in [-0.4, -0.2) is 20.8 Å². The van der Waals surface area contributed by atoms with Gasteiger partial charge >= 0.3 is 0 Å². The maximum atomic E-state index is 8.55. The molecule has 0 aromatic carbocycles. The summed E-state index contributed by atoms with van der Waals surface area (Å²) in [7, 11) is 0. The number of hydrogen-bond donors (Lipinski definition) is 1. The predicted octanol–water partition coefficient (Wildman–Crippen LogP) is 2.11. The van der Waals surface area contributed by atoms with Gasteiger partial charge in [0.2, 0.25) is 0 Å². The minimum atomic E-state index is -0.106. The monoisotopic (exact) mass is 172 g/mol. The minimum absolute atomic E-state index is 0.106. The van der Waals surface area contributed by atoms with Crippen molar-refractivity contribution in [3.05, 3.63) is 0 Å². The zero-order chi connectivity index (χ0) is 8.48. The summed E-state index contributed by atoms with van der Waals surface area (Å²) in [6, 6.07) is 0. The Morgan fingerprint density at radius 1 is 1.73 bits per heavy atom. The molecule has 1 unspecified atom stereocenters. The van der Waals surface area contributed by atoms with Gasteiger partial charge in [-0.25, -0.2) is 0 Å². The van der Waals surface area contributed by atoms with E-state index in [0.717, 1.165) is 12.1 Å². The maximum absolute atomic E-state index is 8.55. The van der Waals surface area contributed by atoms with Gasteiger partial charge in [0, 0.05) is 0 Å². The first-order valence-electron chi connectivity index (χ1n) is 3.59. The van der Waals surface area contributed by atoms with Crippen LogP contribution in [0.5, 0.6) is 0 Å². The third-order valence-corrected chi connectivity index (χ3v) is 3.17. The van der Waals surface area contributed by atoms with Crippen molar-refractivity contribution in [1.29, 1.82) is 0 Å². The van der Waals surface area contributed by atoms with Gasteiger partial charge in [0.05, 0.1) is 5.71 Å². The van der Waals surface area contributed by atoms with Gasteiger partial charge in [0.15, 0.2) is 5.04 Å². The Kier molecular flexibility index (Phi) is 2.23. The van der Waals surface area contributed by atoms with Crippen molar-refractivity contribution in [3.63, 3.8) is 0 Å². The van der Waals surface area contributed by atoms with E-state index in [-0.39, 0.29) is 4.87 Å². The van der Waals surface area contributed by atoms with Gasteiger partial charge in [-0.3, -0.25) is 4.99 Å².